The van der Waals surface area contributed by atoms with Gasteiger partial charge in [0.05, 0.1) is 5.69 Å². The molecule has 0 aliphatic carbocycles. The first-order valence-corrected chi connectivity index (χ1v) is 8.55. The molecule has 0 radical (unpaired) electrons. The third-order valence-electron chi connectivity index (χ3n) is 3.01. The molecule has 1 aromatic carbocycles. The van der Waals surface area contributed by atoms with Gasteiger partial charge < -0.3 is 5.32 Å². The molecule has 0 aliphatic rings. The number of hydrogen-bond acceptors (Lipinski definition) is 4. The van der Waals surface area contributed by atoms with Gasteiger partial charge in [0.25, 0.3) is 0 Å². The largest absolute Gasteiger partial charge is 0.313 e. The third kappa shape index (κ3) is 3.23. The van der Waals surface area contributed by atoms with E-state index in [2.05, 4.69) is 63.7 Å². The summed E-state index contributed by atoms with van der Waals surface area (Å²) in [5, 5.41) is 5.42. The fraction of sp³-hybridized carbons (Fsp3) is 0.267. The van der Waals surface area contributed by atoms with Gasteiger partial charge in [0, 0.05) is 35.0 Å². The van der Waals surface area contributed by atoms with E-state index in [1.54, 1.807) is 11.3 Å². The van der Waals surface area contributed by atoms with Crippen LogP contribution in [0.15, 0.2) is 46.9 Å². The molecule has 3 aromatic rings. The number of benzene rings is 1. The van der Waals surface area contributed by atoms with Gasteiger partial charge in [0.2, 0.25) is 0 Å². The molecule has 0 atom stereocenters. The number of nitrogens with zero attached hydrogens (tertiary/aromatic N) is 2. The number of aromatic nitrogens is 2. The maximum absolute atomic E-state index is 4.61. The Labute approximate surface area is 127 Å². The minimum absolute atomic E-state index is 0.916. The topological polar surface area (TPSA) is 29.3 Å². The first-order valence-electron chi connectivity index (χ1n) is 6.68. The van der Waals surface area contributed by atoms with Crippen LogP contribution in [0.25, 0.3) is 4.96 Å². The van der Waals surface area contributed by atoms with Crippen molar-refractivity contribution in [3.8, 4) is 0 Å². The van der Waals surface area contributed by atoms with Gasteiger partial charge in [-0.05, 0) is 24.2 Å². The van der Waals surface area contributed by atoms with Gasteiger partial charge in [0.15, 0.2) is 4.96 Å². The summed E-state index contributed by atoms with van der Waals surface area (Å²) in [4.78, 5) is 6.98. The first-order chi connectivity index (χ1) is 9.85. The number of hydrogen-bond donors (Lipinski definition) is 1. The van der Waals surface area contributed by atoms with Crippen LogP contribution in [-0.2, 0) is 12.3 Å². The molecule has 2 aromatic heterocycles. The summed E-state index contributed by atoms with van der Waals surface area (Å²) >= 11 is 3.52. The van der Waals surface area contributed by atoms with Crippen LogP contribution in [0.1, 0.15) is 18.2 Å². The van der Waals surface area contributed by atoms with Gasteiger partial charge in [0.1, 0.15) is 0 Å². The molecule has 0 saturated carbocycles. The first kappa shape index (κ1) is 13.7. The van der Waals surface area contributed by atoms with E-state index in [0.29, 0.717) is 0 Å². The second-order valence-corrected chi connectivity index (χ2v) is 6.46. The van der Waals surface area contributed by atoms with E-state index >= 15 is 0 Å². The van der Waals surface area contributed by atoms with Crippen molar-refractivity contribution in [2.45, 2.75) is 24.1 Å². The molecule has 2 heterocycles. The predicted molar refractivity (Wildman–Crippen MR) is 86.5 cm³/mol. The maximum Gasteiger partial charge on any atom is 0.193 e. The van der Waals surface area contributed by atoms with Crippen LogP contribution >= 0.6 is 23.1 Å². The van der Waals surface area contributed by atoms with Crippen molar-refractivity contribution in [3.63, 3.8) is 0 Å². The van der Waals surface area contributed by atoms with Crippen molar-refractivity contribution >= 4 is 28.1 Å². The summed E-state index contributed by atoms with van der Waals surface area (Å²) in [7, 11) is 0. The molecule has 0 bridgehead atoms. The smallest absolute Gasteiger partial charge is 0.193 e. The van der Waals surface area contributed by atoms with Crippen molar-refractivity contribution < 1.29 is 0 Å². The second-order valence-electron chi connectivity index (χ2n) is 4.54. The molecule has 104 valence electrons. The maximum atomic E-state index is 4.61. The summed E-state index contributed by atoms with van der Waals surface area (Å²) < 4.78 is 2.09. The van der Waals surface area contributed by atoms with Gasteiger partial charge in [-0.3, -0.25) is 4.40 Å². The van der Waals surface area contributed by atoms with E-state index in [0.717, 1.165) is 29.5 Å². The molecular formula is C15H17N3S2. The minimum atomic E-state index is 0.916. The van der Waals surface area contributed by atoms with Crippen LogP contribution in [0.2, 0.25) is 0 Å². The van der Waals surface area contributed by atoms with E-state index in [1.807, 2.05) is 11.8 Å². The number of thiazole rings is 1. The van der Waals surface area contributed by atoms with Gasteiger partial charge in [-0.1, -0.05) is 19.1 Å². The lowest BCUT2D eigenvalue weighted by Crippen LogP contribution is -2.11. The van der Waals surface area contributed by atoms with E-state index in [-0.39, 0.29) is 0 Å². The Bertz CT molecular complexity index is 659. The quantitative estimate of drug-likeness (QED) is 0.702. The highest BCUT2D eigenvalue weighted by Crippen LogP contribution is 2.24. The zero-order valence-electron chi connectivity index (χ0n) is 11.4. The lowest BCUT2D eigenvalue weighted by molar-refractivity contribution is 0.725. The van der Waals surface area contributed by atoms with E-state index in [1.165, 1.54) is 10.5 Å². The Morgan fingerprint density at radius 1 is 1.40 bits per heavy atom. The van der Waals surface area contributed by atoms with Crippen LogP contribution in [-0.4, -0.2) is 15.9 Å². The van der Waals surface area contributed by atoms with Crippen LogP contribution < -0.4 is 5.32 Å². The highest BCUT2D eigenvalue weighted by molar-refractivity contribution is 7.98. The van der Waals surface area contributed by atoms with Crippen molar-refractivity contribution in [1.82, 2.24) is 14.7 Å². The third-order valence-corrected chi connectivity index (χ3v) is 4.81. The highest BCUT2D eigenvalue weighted by atomic mass is 32.2. The van der Waals surface area contributed by atoms with Crippen molar-refractivity contribution in [2.75, 3.05) is 6.54 Å². The Hall–Kier alpha value is -1.30. The second kappa shape index (κ2) is 6.43. The molecule has 0 fully saturated rings. The molecule has 0 amide bonds. The lowest BCUT2D eigenvalue weighted by atomic mass is 10.2. The van der Waals surface area contributed by atoms with Crippen molar-refractivity contribution in [3.05, 3.63) is 53.3 Å². The molecular weight excluding hydrogens is 286 g/mol. The molecule has 3 nitrogen and oxygen atoms in total. The normalized spacial score (nSPS) is 11.2. The number of thioether (sulfide) groups is 1. The highest BCUT2D eigenvalue weighted by Gasteiger charge is 2.04. The number of nitrogens with one attached hydrogen (secondary N) is 1. The van der Waals surface area contributed by atoms with Crippen molar-refractivity contribution in [2.24, 2.45) is 0 Å². The Morgan fingerprint density at radius 2 is 2.35 bits per heavy atom. The molecule has 5 heteroatoms. The Morgan fingerprint density at radius 3 is 3.20 bits per heavy atom. The number of imidazole rings is 1. The fourth-order valence-electron chi connectivity index (χ4n) is 2.02. The lowest BCUT2D eigenvalue weighted by Gasteiger charge is -2.05. The zero-order valence-corrected chi connectivity index (χ0v) is 13.0. The monoisotopic (exact) mass is 303 g/mol. The molecule has 0 aliphatic heterocycles. The number of rotatable bonds is 6. The summed E-state index contributed by atoms with van der Waals surface area (Å²) in [6.07, 6.45) is 4.17. The van der Waals surface area contributed by atoms with Crippen LogP contribution in [0.3, 0.4) is 0 Å². The summed E-state index contributed by atoms with van der Waals surface area (Å²) in [5.41, 5.74) is 2.47. The molecule has 3 rings (SSSR count). The fourth-order valence-corrected chi connectivity index (χ4v) is 3.60. The molecule has 0 saturated heterocycles. The standard InChI is InChI=1S/C15H17N3S2/c1-2-16-9-12-4-3-5-14(8-12)20-11-13-10-18-6-7-19-15(18)17-13/h3-8,10,16H,2,9,11H2,1H3. The average Bonchev–Trinajstić information content (AvgIpc) is 3.04. The predicted octanol–water partition coefficient (Wildman–Crippen LogP) is 3.80. The minimum Gasteiger partial charge on any atom is -0.313 e. The Kier molecular flexibility index (Phi) is 4.40. The van der Waals surface area contributed by atoms with E-state index in [9.17, 15) is 0 Å². The van der Waals surface area contributed by atoms with E-state index < -0.39 is 0 Å². The van der Waals surface area contributed by atoms with Crippen LogP contribution in [0, 0.1) is 0 Å². The van der Waals surface area contributed by atoms with Crippen molar-refractivity contribution in [1.29, 1.82) is 0 Å². The molecule has 20 heavy (non-hydrogen) atoms. The van der Waals surface area contributed by atoms with E-state index in [4.69, 9.17) is 0 Å². The number of fused-ring (bicyclic) bond motifs is 1. The average molecular weight is 303 g/mol. The molecule has 0 spiro atoms. The van der Waals surface area contributed by atoms with Gasteiger partial charge in [-0.15, -0.1) is 23.1 Å². The van der Waals surface area contributed by atoms with Crippen LogP contribution in [0.4, 0.5) is 0 Å². The summed E-state index contributed by atoms with van der Waals surface area (Å²) in [6.45, 7) is 4.07. The molecule has 0 unspecified atom stereocenters. The molecule has 1 N–H and O–H groups in total. The summed E-state index contributed by atoms with van der Waals surface area (Å²) in [6, 6.07) is 8.71. The SMILES string of the molecule is CCNCc1cccc(SCc2cn3ccsc3n2)c1. The Balaban J connectivity index is 1.64. The zero-order chi connectivity index (χ0) is 13.8. The summed E-state index contributed by atoms with van der Waals surface area (Å²) in [5.74, 6) is 0.916. The van der Waals surface area contributed by atoms with Crippen LogP contribution in [0.5, 0.6) is 0 Å². The van der Waals surface area contributed by atoms with Gasteiger partial charge in [-0.2, -0.15) is 0 Å². The van der Waals surface area contributed by atoms with Gasteiger partial charge in [-0.25, -0.2) is 4.98 Å². The van der Waals surface area contributed by atoms with Gasteiger partial charge >= 0.3 is 0 Å².